The van der Waals surface area contributed by atoms with Gasteiger partial charge in [0.05, 0.1) is 11.5 Å². The molecular formula is C14H20N2O. The van der Waals surface area contributed by atoms with E-state index in [2.05, 4.69) is 17.6 Å². The predicted octanol–water partition coefficient (Wildman–Crippen LogP) is 1.66. The normalized spacial score (nSPS) is 25.5. The van der Waals surface area contributed by atoms with Gasteiger partial charge in [0.25, 0.3) is 0 Å². The number of amides is 1. The Morgan fingerprint density at radius 1 is 1.41 bits per heavy atom. The molecule has 1 saturated heterocycles. The van der Waals surface area contributed by atoms with Crippen molar-refractivity contribution in [2.45, 2.75) is 31.7 Å². The molecule has 0 bridgehead atoms. The van der Waals surface area contributed by atoms with E-state index in [9.17, 15) is 4.79 Å². The molecule has 1 aliphatic heterocycles. The van der Waals surface area contributed by atoms with Gasteiger partial charge in [-0.05, 0) is 32.4 Å². The van der Waals surface area contributed by atoms with Crippen LogP contribution in [0.3, 0.4) is 0 Å². The third kappa shape index (κ3) is 2.86. The second-order valence-electron chi connectivity index (χ2n) is 5.11. The fourth-order valence-corrected chi connectivity index (χ4v) is 2.22. The minimum absolute atomic E-state index is 0.0832. The highest BCUT2D eigenvalue weighted by atomic mass is 16.2. The van der Waals surface area contributed by atoms with Gasteiger partial charge in [0.1, 0.15) is 0 Å². The zero-order valence-corrected chi connectivity index (χ0v) is 10.5. The molecule has 1 fully saturated rings. The van der Waals surface area contributed by atoms with Gasteiger partial charge in [0.15, 0.2) is 0 Å². The molecule has 0 aliphatic carbocycles. The van der Waals surface area contributed by atoms with Crippen LogP contribution in [0, 0.1) is 0 Å². The van der Waals surface area contributed by atoms with Crippen molar-refractivity contribution in [2.24, 2.45) is 0 Å². The maximum absolute atomic E-state index is 12.2. The summed E-state index contributed by atoms with van der Waals surface area (Å²) in [5, 5.41) is 6.43. The summed E-state index contributed by atoms with van der Waals surface area (Å²) in [5.41, 5.74) is 0.986. The standard InChI is InChI=1S/C14H20N2O/c1-11(12-6-4-3-5-7-12)13(17)16-14(2)8-9-15-10-14/h3-7,11,15H,8-10H2,1-2H3,(H,16,17). The van der Waals surface area contributed by atoms with Gasteiger partial charge in [0, 0.05) is 6.54 Å². The van der Waals surface area contributed by atoms with Crippen LogP contribution in [0.4, 0.5) is 0 Å². The molecular weight excluding hydrogens is 212 g/mol. The first kappa shape index (κ1) is 12.1. The molecule has 0 aromatic heterocycles. The smallest absolute Gasteiger partial charge is 0.227 e. The molecule has 1 aromatic rings. The third-order valence-electron chi connectivity index (χ3n) is 3.49. The maximum atomic E-state index is 12.2. The van der Waals surface area contributed by atoms with Crippen molar-refractivity contribution >= 4 is 5.91 Å². The van der Waals surface area contributed by atoms with Gasteiger partial charge in [-0.3, -0.25) is 4.79 Å². The number of rotatable bonds is 3. The van der Waals surface area contributed by atoms with Crippen molar-refractivity contribution in [3.63, 3.8) is 0 Å². The van der Waals surface area contributed by atoms with Gasteiger partial charge in [-0.1, -0.05) is 30.3 Å². The Morgan fingerprint density at radius 3 is 2.71 bits per heavy atom. The van der Waals surface area contributed by atoms with Crippen LogP contribution in [0.15, 0.2) is 30.3 Å². The topological polar surface area (TPSA) is 41.1 Å². The Morgan fingerprint density at radius 2 is 2.12 bits per heavy atom. The largest absolute Gasteiger partial charge is 0.349 e. The molecule has 1 amide bonds. The summed E-state index contributed by atoms with van der Waals surface area (Å²) < 4.78 is 0. The first-order valence-corrected chi connectivity index (χ1v) is 6.18. The monoisotopic (exact) mass is 232 g/mol. The van der Waals surface area contributed by atoms with Crippen molar-refractivity contribution in [2.75, 3.05) is 13.1 Å². The number of carbonyl (C=O) groups is 1. The van der Waals surface area contributed by atoms with Crippen LogP contribution in [0.1, 0.15) is 31.7 Å². The second kappa shape index (κ2) is 4.88. The van der Waals surface area contributed by atoms with Gasteiger partial charge in [0.2, 0.25) is 5.91 Å². The molecule has 2 rings (SSSR count). The van der Waals surface area contributed by atoms with Gasteiger partial charge >= 0.3 is 0 Å². The third-order valence-corrected chi connectivity index (χ3v) is 3.49. The average Bonchev–Trinajstić information content (AvgIpc) is 2.76. The van der Waals surface area contributed by atoms with Crippen molar-refractivity contribution in [3.8, 4) is 0 Å². The Bertz CT molecular complexity index is 382. The molecule has 0 spiro atoms. The molecule has 1 aromatic carbocycles. The van der Waals surface area contributed by atoms with E-state index in [1.807, 2.05) is 37.3 Å². The highest BCUT2D eigenvalue weighted by Gasteiger charge is 2.31. The van der Waals surface area contributed by atoms with Crippen molar-refractivity contribution in [1.29, 1.82) is 0 Å². The molecule has 92 valence electrons. The maximum Gasteiger partial charge on any atom is 0.227 e. The van der Waals surface area contributed by atoms with Crippen LogP contribution < -0.4 is 10.6 Å². The fraction of sp³-hybridized carbons (Fsp3) is 0.500. The van der Waals surface area contributed by atoms with Crippen molar-refractivity contribution in [1.82, 2.24) is 10.6 Å². The van der Waals surface area contributed by atoms with E-state index in [-0.39, 0.29) is 17.4 Å². The lowest BCUT2D eigenvalue weighted by molar-refractivity contribution is -0.123. The van der Waals surface area contributed by atoms with E-state index >= 15 is 0 Å². The van der Waals surface area contributed by atoms with Crippen LogP contribution in [-0.2, 0) is 4.79 Å². The van der Waals surface area contributed by atoms with Gasteiger partial charge < -0.3 is 10.6 Å². The van der Waals surface area contributed by atoms with Crippen LogP contribution in [0.5, 0.6) is 0 Å². The Kier molecular flexibility index (Phi) is 3.48. The second-order valence-corrected chi connectivity index (χ2v) is 5.11. The van der Waals surface area contributed by atoms with Gasteiger partial charge in [-0.25, -0.2) is 0 Å². The lowest BCUT2D eigenvalue weighted by Gasteiger charge is -2.26. The predicted molar refractivity (Wildman–Crippen MR) is 68.9 cm³/mol. The quantitative estimate of drug-likeness (QED) is 0.832. The summed E-state index contributed by atoms with van der Waals surface area (Å²) >= 11 is 0. The minimum Gasteiger partial charge on any atom is -0.349 e. The molecule has 2 N–H and O–H groups in total. The SMILES string of the molecule is CC(C(=O)NC1(C)CCNC1)c1ccccc1. The molecule has 1 heterocycles. The Labute approximate surface area is 103 Å². The summed E-state index contributed by atoms with van der Waals surface area (Å²) in [5.74, 6) is 0.0241. The lowest BCUT2D eigenvalue weighted by Crippen LogP contribution is -2.48. The molecule has 3 nitrogen and oxygen atoms in total. The Balaban J connectivity index is 2.01. The molecule has 3 heteroatoms. The molecule has 2 atom stereocenters. The van der Waals surface area contributed by atoms with Gasteiger partial charge in [-0.15, -0.1) is 0 Å². The number of hydrogen-bond donors (Lipinski definition) is 2. The zero-order chi connectivity index (χ0) is 12.3. The van der Waals surface area contributed by atoms with E-state index in [0.717, 1.165) is 25.1 Å². The molecule has 0 saturated carbocycles. The highest BCUT2D eigenvalue weighted by molar-refractivity contribution is 5.83. The van der Waals surface area contributed by atoms with E-state index in [1.54, 1.807) is 0 Å². The highest BCUT2D eigenvalue weighted by Crippen LogP contribution is 2.19. The molecule has 1 aliphatic rings. The van der Waals surface area contributed by atoms with E-state index < -0.39 is 0 Å². The number of benzene rings is 1. The number of nitrogens with one attached hydrogen (secondary N) is 2. The molecule has 17 heavy (non-hydrogen) atoms. The van der Waals surface area contributed by atoms with Gasteiger partial charge in [-0.2, -0.15) is 0 Å². The summed E-state index contributed by atoms with van der Waals surface area (Å²) in [6.07, 6.45) is 1.00. The summed E-state index contributed by atoms with van der Waals surface area (Å²) in [7, 11) is 0. The van der Waals surface area contributed by atoms with Crippen LogP contribution in [0.25, 0.3) is 0 Å². The average molecular weight is 232 g/mol. The van der Waals surface area contributed by atoms with E-state index in [0.29, 0.717) is 0 Å². The van der Waals surface area contributed by atoms with E-state index in [1.165, 1.54) is 0 Å². The summed E-state index contributed by atoms with van der Waals surface area (Å²) in [6.45, 7) is 5.90. The lowest BCUT2D eigenvalue weighted by atomic mass is 9.96. The Hall–Kier alpha value is -1.35. The van der Waals surface area contributed by atoms with Crippen molar-refractivity contribution in [3.05, 3.63) is 35.9 Å². The minimum atomic E-state index is -0.0892. The first-order valence-electron chi connectivity index (χ1n) is 6.18. The van der Waals surface area contributed by atoms with Crippen LogP contribution >= 0.6 is 0 Å². The van der Waals surface area contributed by atoms with Crippen LogP contribution in [0.2, 0.25) is 0 Å². The molecule has 2 unspecified atom stereocenters. The molecule has 0 radical (unpaired) electrons. The number of hydrogen-bond acceptors (Lipinski definition) is 2. The van der Waals surface area contributed by atoms with E-state index in [4.69, 9.17) is 0 Å². The van der Waals surface area contributed by atoms with Crippen LogP contribution in [-0.4, -0.2) is 24.5 Å². The first-order chi connectivity index (χ1) is 8.11. The summed E-state index contributed by atoms with van der Waals surface area (Å²) in [4.78, 5) is 12.2. The fourth-order valence-electron chi connectivity index (χ4n) is 2.22. The number of carbonyl (C=O) groups excluding carboxylic acids is 1. The zero-order valence-electron chi connectivity index (χ0n) is 10.5. The summed E-state index contributed by atoms with van der Waals surface area (Å²) in [6, 6.07) is 9.91. The van der Waals surface area contributed by atoms with Crippen molar-refractivity contribution < 1.29 is 4.79 Å².